The van der Waals surface area contributed by atoms with Gasteiger partial charge in [0, 0.05) is 24.7 Å². The molecule has 2 aliphatic heterocycles. The third-order valence-corrected chi connectivity index (χ3v) is 7.09. The Labute approximate surface area is 148 Å². The van der Waals surface area contributed by atoms with Gasteiger partial charge in [-0.1, -0.05) is 18.7 Å². The van der Waals surface area contributed by atoms with Crippen LogP contribution in [0, 0.1) is 0 Å². The van der Waals surface area contributed by atoms with Gasteiger partial charge in [0.1, 0.15) is 6.10 Å². The van der Waals surface area contributed by atoms with Gasteiger partial charge in [-0.2, -0.15) is 0 Å². The zero-order chi connectivity index (χ0) is 17.4. The molecule has 0 amide bonds. The number of methoxy groups -OCH3 is 1. The summed E-state index contributed by atoms with van der Waals surface area (Å²) in [6, 6.07) is 4.26. The Hall–Kier alpha value is -1.78. The van der Waals surface area contributed by atoms with Crippen molar-refractivity contribution in [1.29, 1.82) is 0 Å². The summed E-state index contributed by atoms with van der Waals surface area (Å²) in [4.78, 5) is 2.40. The van der Waals surface area contributed by atoms with E-state index in [0.717, 1.165) is 55.8 Å². The Morgan fingerprint density at radius 3 is 3.04 bits per heavy atom. The van der Waals surface area contributed by atoms with Crippen molar-refractivity contribution in [2.75, 3.05) is 20.2 Å². The molecule has 0 aromatic heterocycles. The lowest BCUT2D eigenvalue weighted by atomic mass is 9.48. The van der Waals surface area contributed by atoms with E-state index in [1.165, 1.54) is 11.1 Å². The molecule has 5 rings (SSSR count). The van der Waals surface area contributed by atoms with E-state index in [1.807, 2.05) is 12.1 Å². The molecule has 1 aromatic carbocycles. The zero-order valence-corrected chi connectivity index (χ0v) is 14.8. The molecule has 4 aliphatic rings. The van der Waals surface area contributed by atoms with Crippen LogP contribution in [0.5, 0.6) is 11.5 Å². The Bertz CT molecular complexity index is 788. The second kappa shape index (κ2) is 4.89. The van der Waals surface area contributed by atoms with Gasteiger partial charge < -0.3 is 14.6 Å². The smallest absolute Gasteiger partial charge is 0.166 e. The second-order valence-electron chi connectivity index (χ2n) is 7.94. The number of likely N-dealkylation sites (tertiary alicyclic amines) is 1. The van der Waals surface area contributed by atoms with E-state index in [0.29, 0.717) is 0 Å². The summed E-state index contributed by atoms with van der Waals surface area (Å²) in [6.45, 7) is 9.98. The highest BCUT2D eigenvalue weighted by Crippen LogP contribution is 2.66. The van der Waals surface area contributed by atoms with Crippen molar-refractivity contribution in [3.8, 4) is 11.5 Å². The highest BCUT2D eigenvalue weighted by molar-refractivity contribution is 5.64. The molecule has 2 heterocycles. The van der Waals surface area contributed by atoms with Crippen molar-refractivity contribution >= 4 is 0 Å². The van der Waals surface area contributed by atoms with E-state index < -0.39 is 5.60 Å². The van der Waals surface area contributed by atoms with Gasteiger partial charge in [0.2, 0.25) is 0 Å². The van der Waals surface area contributed by atoms with Crippen LogP contribution in [0.25, 0.3) is 0 Å². The van der Waals surface area contributed by atoms with Crippen LogP contribution in [0.4, 0.5) is 0 Å². The van der Waals surface area contributed by atoms with Crippen LogP contribution in [0.2, 0.25) is 0 Å². The topological polar surface area (TPSA) is 41.9 Å². The van der Waals surface area contributed by atoms with Crippen LogP contribution in [-0.2, 0) is 11.8 Å². The molecule has 2 bridgehead atoms. The lowest BCUT2D eigenvalue weighted by Crippen LogP contribution is -2.75. The van der Waals surface area contributed by atoms with Gasteiger partial charge in [-0.05, 0) is 42.9 Å². The predicted octanol–water partition coefficient (Wildman–Crippen LogP) is 2.59. The summed E-state index contributed by atoms with van der Waals surface area (Å²) in [6.07, 6.45) is 5.09. The number of benzene rings is 1. The maximum atomic E-state index is 12.1. The van der Waals surface area contributed by atoms with Crippen molar-refractivity contribution in [2.45, 2.75) is 48.8 Å². The quantitative estimate of drug-likeness (QED) is 0.860. The summed E-state index contributed by atoms with van der Waals surface area (Å²) < 4.78 is 12.0. The van der Waals surface area contributed by atoms with Gasteiger partial charge in [-0.15, -0.1) is 6.58 Å². The molecular formula is C21H25NO3. The number of nitrogens with zero attached hydrogens (tertiary/aromatic N) is 1. The fourth-order valence-electron chi connectivity index (χ4n) is 6.08. The SMILES string of the molecule is C=CCN1CC[C@@]23c4c5ccc(OC)c4OC2C(=C)CC[C@]3(O)[C@@H]1C5. The molecular weight excluding hydrogens is 314 g/mol. The lowest BCUT2D eigenvalue weighted by molar-refractivity contribution is -0.171. The van der Waals surface area contributed by atoms with Crippen LogP contribution in [0.15, 0.2) is 36.9 Å². The molecule has 4 heteroatoms. The number of ether oxygens (including phenoxy) is 2. The first-order chi connectivity index (χ1) is 12.1. The van der Waals surface area contributed by atoms with E-state index in [9.17, 15) is 5.11 Å². The average Bonchev–Trinajstić information content (AvgIpc) is 2.96. The number of hydrogen-bond acceptors (Lipinski definition) is 4. The number of rotatable bonds is 3. The summed E-state index contributed by atoms with van der Waals surface area (Å²) in [7, 11) is 1.68. The van der Waals surface area contributed by atoms with Gasteiger partial charge in [0.25, 0.3) is 0 Å². The molecule has 4 atom stereocenters. The summed E-state index contributed by atoms with van der Waals surface area (Å²) in [5, 5.41) is 12.1. The first-order valence-corrected chi connectivity index (χ1v) is 9.19. The third kappa shape index (κ3) is 1.61. The molecule has 4 nitrogen and oxygen atoms in total. The van der Waals surface area contributed by atoms with Crippen LogP contribution in [0.3, 0.4) is 0 Å². The molecule has 1 spiro atoms. The van der Waals surface area contributed by atoms with E-state index >= 15 is 0 Å². The maximum absolute atomic E-state index is 12.1. The van der Waals surface area contributed by atoms with Crippen molar-refractivity contribution in [1.82, 2.24) is 4.90 Å². The van der Waals surface area contributed by atoms with E-state index in [1.54, 1.807) is 7.11 Å². The third-order valence-electron chi connectivity index (χ3n) is 7.09. The fraction of sp³-hybridized carbons (Fsp3) is 0.524. The molecule has 1 N–H and O–H groups in total. The molecule has 2 aliphatic carbocycles. The summed E-state index contributed by atoms with van der Waals surface area (Å²) >= 11 is 0. The summed E-state index contributed by atoms with van der Waals surface area (Å²) in [5.74, 6) is 1.60. The first kappa shape index (κ1) is 15.5. The van der Waals surface area contributed by atoms with Crippen molar-refractivity contribution in [3.05, 3.63) is 48.1 Å². The molecule has 25 heavy (non-hydrogen) atoms. The van der Waals surface area contributed by atoms with Gasteiger partial charge >= 0.3 is 0 Å². The molecule has 1 saturated heterocycles. The van der Waals surface area contributed by atoms with Crippen molar-refractivity contribution in [2.24, 2.45) is 0 Å². The molecule has 1 aromatic rings. The Morgan fingerprint density at radius 1 is 1.44 bits per heavy atom. The van der Waals surface area contributed by atoms with Crippen LogP contribution >= 0.6 is 0 Å². The molecule has 1 unspecified atom stereocenters. The predicted molar refractivity (Wildman–Crippen MR) is 96.3 cm³/mol. The zero-order valence-electron chi connectivity index (χ0n) is 14.8. The lowest BCUT2D eigenvalue weighted by Gasteiger charge is -2.63. The average molecular weight is 339 g/mol. The van der Waals surface area contributed by atoms with Crippen molar-refractivity contribution in [3.63, 3.8) is 0 Å². The van der Waals surface area contributed by atoms with Gasteiger partial charge in [0.05, 0.1) is 18.1 Å². The molecule has 1 saturated carbocycles. The minimum Gasteiger partial charge on any atom is -0.493 e. The normalized spacial score (nSPS) is 38.1. The van der Waals surface area contributed by atoms with Crippen LogP contribution < -0.4 is 9.47 Å². The minimum absolute atomic E-state index is 0.102. The van der Waals surface area contributed by atoms with E-state index in [-0.39, 0.29) is 17.6 Å². The number of aliphatic hydroxyl groups is 1. The monoisotopic (exact) mass is 339 g/mol. The van der Waals surface area contributed by atoms with Gasteiger partial charge in [-0.3, -0.25) is 4.90 Å². The highest BCUT2D eigenvalue weighted by atomic mass is 16.5. The fourth-order valence-corrected chi connectivity index (χ4v) is 6.08. The van der Waals surface area contributed by atoms with Gasteiger partial charge in [-0.25, -0.2) is 0 Å². The molecule has 0 radical (unpaired) electrons. The van der Waals surface area contributed by atoms with Crippen LogP contribution in [0.1, 0.15) is 30.4 Å². The first-order valence-electron chi connectivity index (χ1n) is 9.19. The standard InChI is InChI=1S/C21H25NO3/c1-4-10-22-11-9-20-17-14-5-6-15(24-3)18(17)25-19(20)13(2)7-8-21(20,23)16(22)12-14/h4-6,16,19,23H,1-2,7-12H2,3H3/t16-,19?,20+,21-/m0/s1. The second-order valence-corrected chi connectivity index (χ2v) is 7.94. The summed E-state index contributed by atoms with van der Waals surface area (Å²) in [5.41, 5.74) is 2.41. The van der Waals surface area contributed by atoms with E-state index in [2.05, 4.69) is 24.1 Å². The molecule has 132 valence electrons. The Morgan fingerprint density at radius 2 is 2.28 bits per heavy atom. The van der Waals surface area contributed by atoms with Crippen LogP contribution in [-0.4, -0.2) is 48.0 Å². The Kier molecular flexibility index (Phi) is 3.03. The van der Waals surface area contributed by atoms with Crippen molar-refractivity contribution < 1.29 is 14.6 Å². The minimum atomic E-state index is -0.787. The Balaban J connectivity index is 1.79. The number of piperidine rings is 1. The maximum Gasteiger partial charge on any atom is 0.166 e. The number of hydrogen-bond donors (Lipinski definition) is 1. The highest BCUT2D eigenvalue weighted by Gasteiger charge is 2.71. The van der Waals surface area contributed by atoms with Gasteiger partial charge in [0.15, 0.2) is 11.5 Å². The largest absolute Gasteiger partial charge is 0.493 e. The van der Waals surface area contributed by atoms with E-state index in [4.69, 9.17) is 9.47 Å². The molecule has 2 fully saturated rings.